The van der Waals surface area contributed by atoms with E-state index in [1.807, 2.05) is 44.2 Å². The van der Waals surface area contributed by atoms with Gasteiger partial charge in [-0.3, -0.25) is 14.4 Å². The average molecular weight is 825 g/mol. The van der Waals surface area contributed by atoms with Crippen LogP contribution < -0.4 is 5.32 Å². The molecule has 60 heavy (non-hydrogen) atoms. The largest absolute Gasteiger partial charge is 0.462 e. The zero-order valence-corrected chi connectivity index (χ0v) is 39.2. The van der Waals surface area contributed by atoms with Crippen LogP contribution in [0.5, 0.6) is 0 Å². The smallest absolute Gasteiger partial charge is 0.309 e. The minimum atomic E-state index is -0.510. The third-order valence-corrected chi connectivity index (χ3v) is 20.0. The molecule has 1 aromatic carbocycles. The molecule has 1 unspecified atom stereocenters. The third kappa shape index (κ3) is 6.86. The van der Waals surface area contributed by atoms with E-state index in [0.29, 0.717) is 41.9 Å². The number of carbonyl (C=O) groups is 3. The van der Waals surface area contributed by atoms with Gasteiger partial charge in [0.1, 0.15) is 12.7 Å². The Bertz CT molecular complexity index is 1830. The van der Waals surface area contributed by atoms with Gasteiger partial charge in [-0.2, -0.15) is 0 Å². The molecule has 1 N–H and O–H groups in total. The van der Waals surface area contributed by atoms with Gasteiger partial charge in [-0.25, -0.2) is 0 Å². The number of nitrogens with one attached hydrogen (secondary N) is 1. The van der Waals surface area contributed by atoms with Gasteiger partial charge in [0.25, 0.3) is 0 Å². The predicted molar refractivity (Wildman–Crippen MR) is 238 cm³/mol. The Hall–Kier alpha value is -2.67. The van der Waals surface area contributed by atoms with E-state index >= 15 is 0 Å². The molecule has 7 fully saturated rings. The lowest BCUT2D eigenvalue weighted by molar-refractivity contribution is -0.251. The van der Waals surface area contributed by atoms with Crippen molar-refractivity contribution in [2.24, 2.45) is 73.9 Å². The molecule has 1 aliphatic heterocycles. The Kier molecular flexibility index (Phi) is 11.2. The molecule has 332 valence electrons. The van der Waals surface area contributed by atoms with Crippen LogP contribution >= 0.6 is 0 Å². The molecule has 7 nitrogen and oxygen atoms in total. The van der Waals surface area contributed by atoms with Crippen LogP contribution in [0, 0.1) is 73.9 Å². The molecule has 6 saturated carbocycles. The second kappa shape index (κ2) is 15.3. The third-order valence-electron chi connectivity index (χ3n) is 20.0. The topological polar surface area (TPSA) is 84.9 Å². The molecule has 6 aliphatic carbocycles. The highest BCUT2D eigenvalue weighted by molar-refractivity contribution is 5.84. The van der Waals surface area contributed by atoms with Gasteiger partial charge in [-0.15, -0.1) is 0 Å². The monoisotopic (exact) mass is 825 g/mol. The standard InChI is InChI=1S/C53H80N2O5/c1-34(2)36-21-26-53(46(58)54-47(3,4)33-55-29-15-16-30-55)28-27-51(10)37(43(36)53)19-20-41-50(9)24-23-42(49(7,8)40(50)22-25-52(41,51)11)60-45(57)39-31-38(48(39,5)6)44(56)59-32-35-17-13-12-14-18-35/h12-14,17-18,36-43H,1,15-16,19-33H2,2-11H3,(H,54,58)/t36-,37?,38-,39+,40-,41+,42-,43+,50-,51+,52+,53-/m0/s1. The number of nitrogens with zero attached hydrogens (tertiary/aromatic N) is 1. The summed E-state index contributed by atoms with van der Waals surface area (Å²) >= 11 is 0. The van der Waals surface area contributed by atoms with E-state index in [1.54, 1.807) is 0 Å². The molecule has 0 aromatic heterocycles. The van der Waals surface area contributed by atoms with Gasteiger partial charge in [0.2, 0.25) is 5.91 Å². The quantitative estimate of drug-likeness (QED) is 0.187. The molecule has 7 aliphatic rings. The van der Waals surface area contributed by atoms with E-state index in [9.17, 15) is 14.4 Å². The number of carbonyl (C=O) groups excluding carboxylic acids is 3. The lowest BCUT2D eigenvalue weighted by Gasteiger charge is -2.73. The molecular formula is C53H80N2O5. The first-order chi connectivity index (χ1) is 28.1. The van der Waals surface area contributed by atoms with E-state index in [0.717, 1.165) is 70.1 Å². The van der Waals surface area contributed by atoms with Crippen molar-refractivity contribution in [2.75, 3.05) is 19.6 Å². The lowest BCUT2D eigenvalue weighted by Crippen LogP contribution is -2.68. The molecule has 0 radical (unpaired) electrons. The predicted octanol–water partition coefficient (Wildman–Crippen LogP) is 11.0. The molecule has 1 aromatic rings. The summed E-state index contributed by atoms with van der Waals surface area (Å²) in [6.07, 6.45) is 13.7. The van der Waals surface area contributed by atoms with E-state index < -0.39 is 5.41 Å². The lowest BCUT2D eigenvalue weighted by atomic mass is 9.32. The molecule has 0 bridgehead atoms. The van der Waals surface area contributed by atoms with Crippen molar-refractivity contribution in [3.63, 3.8) is 0 Å². The number of fused-ring (bicyclic) bond motifs is 7. The number of allylic oxidation sites excluding steroid dienone is 1. The van der Waals surface area contributed by atoms with Crippen LogP contribution in [0.3, 0.4) is 0 Å². The molecular weight excluding hydrogens is 745 g/mol. The van der Waals surface area contributed by atoms with Crippen molar-refractivity contribution in [1.82, 2.24) is 10.2 Å². The number of hydrogen-bond acceptors (Lipinski definition) is 6. The average Bonchev–Trinajstić information content (AvgIpc) is 3.84. The van der Waals surface area contributed by atoms with Crippen LogP contribution in [-0.2, 0) is 30.5 Å². The fourth-order valence-corrected chi connectivity index (χ4v) is 16.5. The number of ether oxygens (including phenoxy) is 2. The van der Waals surface area contributed by atoms with Crippen molar-refractivity contribution >= 4 is 17.8 Å². The molecule has 12 atom stereocenters. The van der Waals surface area contributed by atoms with Crippen molar-refractivity contribution in [3.05, 3.63) is 48.0 Å². The number of hydrogen-bond donors (Lipinski definition) is 1. The maximum Gasteiger partial charge on any atom is 0.309 e. The first-order valence-corrected chi connectivity index (χ1v) is 24.2. The van der Waals surface area contributed by atoms with Gasteiger partial charge >= 0.3 is 11.9 Å². The summed E-state index contributed by atoms with van der Waals surface area (Å²) in [7, 11) is 0. The van der Waals surface area contributed by atoms with Crippen LogP contribution in [0.25, 0.3) is 0 Å². The Morgan fingerprint density at radius 2 is 1.47 bits per heavy atom. The van der Waals surface area contributed by atoms with Gasteiger partial charge < -0.3 is 19.7 Å². The maximum absolute atomic E-state index is 14.9. The summed E-state index contributed by atoms with van der Waals surface area (Å²) in [5.41, 5.74) is 1.44. The summed E-state index contributed by atoms with van der Waals surface area (Å²) < 4.78 is 12.3. The highest BCUT2D eigenvalue weighted by Gasteiger charge is 2.72. The van der Waals surface area contributed by atoms with E-state index in [1.165, 1.54) is 37.7 Å². The second-order valence-corrected chi connectivity index (χ2v) is 24.2. The minimum Gasteiger partial charge on any atom is -0.462 e. The van der Waals surface area contributed by atoms with Gasteiger partial charge in [0.05, 0.1) is 17.3 Å². The Morgan fingerprint density at radius 3 is 2.13 bits per heavy atom. The molecule has 8 rings (SSSR count). The summed E-state index contributed by atoms with van der Waals surface area (Å²) in [5, 5.41) is 3.69. The fourth-order valence-electron chi connectivity index (χ4n) is 16.5. The molecule has 0 spiro atoms. The summed E-state index contributed by atoms with van der Waals surface area (Å²) in [5.74, 6) is 1.61. The van der Waals surface area contributed by atoms with Gasteiger partial charge in [-0.05, 0) is 174 Å². The zero-order valence-electron chi connectivity index (χ0n) is 39.2. The van der Waals surface area contributed by atoms with Crippen LogP contribution in [0.1, 0.15) is 158 Å². The number of benzene rings is 1. The van der Waals surface area contributed by atoms with Gasteiger partial charge in [-0.1, -0.05) is 91.0 Å². The normalized spacial score (nSPS) is 41.7. The summed E-state index contributed by atoms with van der Waals surface area (Å²) in [4.78, 5) is 44.7. The molecule has 1 amide bonds. The highest BCUT2D eigenvalue weighted by atomic mass is 16.5. The minimum absolute atomic E-state index is 0.139. The van der Waals surface area contributed by atoms with Crippen molar-refractivity contribution in [2.45, 2.75) is 171 Å². The van der Waals surface area contributed by atoms with Crippen LogP contribution in [-0.4, -0.2) is 54.0 Å². The summed E-state index contributed by atoms with van der Waals surface area (Å²) in [6.45, 7) is 31.5. The SMILES string of the molecule is C=C(C)[C@@H]1CC[C@]2(C(=O)NC(C)(C)CN3CCCC3)CC[C@]3(C)C(CC[C@@H]4[C@@]5(C)CC[C@H](OC(=O)[C@H]6C[C@@H](C(=O)OCc7ccccc7)C6(C)C)C(C)(C)[C@@H]5CC[C@]43C)[C@@H]12. The molecule has 1 heterocycles. The van der Waals surface area contributed by atoms with E-state index in [-0.39, 0.29) is 69.1 Å². The Balaban J connectivity index is 0.962. The van der Waals surface area contributed by atoms with E-state index in [2.05, 4.69) is 72.2 Å². The van der Waals surface area contributed by atoms with Gasteiger partial charge in [0, 0.05) is 17.5 Å². The fraction of sp³-hybridized carbons (Fsp3) is 0.792. The summed E-state index contributed by atoms with van der Waals surface area (Å²) in [6, 6.07) is 9.77. The number of amides is 1. The Morgan fingerprint density at radius 1 is 0.783 bits per heavy atom. The van der Waals surface area contributed by atoms with E-state index in [4.69, 9.17) is 9.47 Å². The van der Waals surface area contributed by atoms with Gasteiger partial charge in [0.15, 0.2) is 0 Å². The number of rotatable bonds is 10. The van der Waals surface area contributed by atoms with Crippen molar-refractivity contribution in [1.29, 1.82) is 0 Å². The van der Waals surface area contributed by atoms with Crippen molar-refractivity contribution < 1.29 is 23.9 Å². The highest BCUT2D eigenvalue weighted by Crippen LogP contribution is 2.77. The first-order valence-electron chi connectivity index (χ1n) is 24.2. The first kappa shape index (κ1) is 44.0. The number of esters is 2. The Labute approximate surface area is 363 Å². The maximum atomic E-state index is 14.9. The zero-order chi connectivity index (χ0) is 43.3. The molecule has 1 saturated heterocycles. The van der Waals surface area contributed by atoms with Crippen LogP contribution in [0.4, 0.5) is 0 Å². The molecule has 7 heteroatoms. The number of likely N-dealkylation sites (tertiary alicyclic amines) is 1. The van der Waals surface area contributed by atoms with Crippen LogP contribution in [0.15, 0.2) is 42.5 Å². The second-order valence-electron chi connectivity index (χ2n) is 24.2. The van der Waals surface area contributed by atoms with Crippen LogP contribution in [0.2, 0.25) is 0 Å². The van der Waals surface area contributed by atoms with Crippen molar-refractivity contribution in [3.8, 4) is 0 Å².